The molecule has 0 radical (unpaired) electrons. The molecule has 0 saturated heterocycles. The lowest BCUT2D eigenvalue weighted by Gasteiger charge is -2.23. The smallest absolute Gasteiger partial charge is 0.258 e. The van der Waals surface area contributed by atoms with Crippen LogP contribution in [0.5, 0.6) is 11.5 Å². The summed E-state index contributed by atoms with van der Waals surface area (Å²) in [4.78, 5) is 23.8. The van der Waals surface area contributed by atoms with Crippen molar-refractivity contribution < 1.29 is 23.5 Å². The zero-order valence-corrected chi connectivity index (χ0v) is 15.9. The minimum absolute atomic E-state index is 0.0864. The van der Waals surface area contributed by atoms with Gasteiger partial charge in [0, 0.05) is 5.56 Å². The quantitative estimate of drug-likeness (QED) is 0.712. The Labute approximate surface area is 158 Å². The second kappa shape index (κ2) is 9.16. The van der Waals surface area contributed by atoms with Crippen LogP contribution in [0.4, 0.5) is 4.39 Å². The molecule has 2 aromatic rings. The van der Waals surface area contributed by atoms with Crippen LogP contribution in [0.3, 0.4) is 0 Å². The SMILES string of the molecule is COc1cc(C(C)=O)ccc1OCC(=O)NC(c1ccc(F)cc1)C(C)C. The fourth-order valence-electron chi connectivity index (χ4n) is 2.67. The van der Waals surface area contributed by atoms with E-state index in [1.54, 1.807) is 30.3 Å². The molecule has 144 valence electrons. The van der Waals surface area contributed by atoms with E-state index in [9.17, 15) is 14.0 Å². The molecule has 27 heavy (non-hydrogen) atoms. The number of Topliss-reactive ketones (excluding diaryl/α,β-unsaturated/α-hetero) is 1. The number of ketones is 1. The fraction of sp³-hybridized carbons (Fsp3) is 0.333. The Morgan fingerprint density at radius 1 is 1.07 bits per heavy atom. The monoisotopic (exact) mass is 373 g/mol. The number of nitrogens with one attached hydrogen (secondary N) is 1. The normalized spacial score (nSPS) is 11.8. The summed E-state index contributed by atoms with van der Waals surface area (Å²) in [5, 5.41) is 2.91. The number of carbonyl (C=O) groups is 2. The summed E-state index contributed by atoms with van der Waals surface area (Å²) in [6, 6.07) is 10.6. The predicted octanol–water partition coefficient (Wildman–Crippen LogP) is 3.93. The number of benzene rings is 2. The molecule has 0 saturated carbocycles. The van der Waals surface area contributed by atoms with Crippen molar-refractivity contribution in [2.24, 2.45) is 5.92 Å². The van der Waals surface area contributed by atoms with Gasteiger partial charge in [0.1, 0.15) is 5.82 Å². The highest BCUT2D eigenvalue weighted by atomic mass is 19.1. The molecule has 5 nitrogen and oxygen atoms in total. The summed E-state index contributed by atoms with van der Waals surface area (Å²) in [6.45, 7) is 5.20. The van der Waals surface area contributed by atoms with Gasteiger partial charge in [-0.2, -0.15) is 0 Å². The molecule has 0 spiro atoms. The Balaban J connectivity index is 2.04. The van der Waals surface area contributed by atoms with E-state index < -0.39 is 0 Å². The van der Waals surface area contributed by atoms with Crippen molar-refractivity contribution in [1.29, 1.82) is 0 Å². The first-order valence-corrected chi connectivity index (χ1v) is 8.68. The van der Waals surface area contributed by atoms with Crippen LogP contribution in [0.2, 0.25) is 0 Å². The first-order valence-electron chi connectivity index (χ1n) is 8.68. The first kappa shape index (κ1) is 20.4. The molecule has 1 atom stereocenters. The number of hydrogen-bond acceptors (Lipinski definition) is 4. The van der Waals surface area contributed by atoms with Crippen LogP contribution >= 0.6 is 0 Å². The standard InChI is InChI=1S/C21H24FNO4/c1-13(2)21(15-5-8-17(22)9-6-15)23-20(25)12-27-18-10-7-16(14(3)24)11-19(18)26-4/h5-11,13,21H,12H2,1-4H3,(H,23,25). The molecule has 1 amide bonds. The van der Waals surface area contributed by atoms with E-state index in [1.807, 2.05) is 13.8 Å². The Morgan fingerprint density at radius 2 is 1.74 bits per heavy atom. The molecule has 0 bridgehead atoms. The molecular weight excluding hydrogens is 349 g/mol. The van der Waals surface area contributed by atoms with Crippen LogP contribution in [0.15, 0.2) is 42.5 Å². The molecule has 0 aliphatic rings. The van der Waals surface area contributed by atoms with Gasteiger partial charge >= 0.3 is 0 Å². The molecule has 0 aromatic heterocycles. The first-order chi connectivity index (χ1) is 12.8. The van der Waals surface area contributed by atoms with E-state index in [0.717, 1.165) is 5.56 Å². The average molecular weight is 373 g/mol. The highest BCUT2D eigenvalue weighted by Gasteiger charge is 2.19. The number of ether oxygens (including phenoxy) is 2. The molecule has 2 rings (SSSR count). The van der Waals surface area contributed by atoms with Gasteiger partial charge in [0.25, 0.3) is 5.91 Å². The molecule has 2 aromatic carbocycles. The molecule has 1 N–H and O–H groups in total. The van der Waals surface area contributed by atoms with E-state index in [1.165, 1.54) is 26.2 Å². The van der Waals surface area contributed by atoms with Gasteiger partial charge in [-0.1, -0.05) is 26.0 Å². The van der Waals surface area contributed by atoms with Crippen LogP contribution in [0.25, 0.3) is 0 Å². The number of carbonyl (C=O) groups excluding carboxylic acids is 2. The second-order valence-corrected chi connectivity index (χ2v) is 6.55. The molecule has 0 aliphatic carbocycles. The lowest BCUT2D eigenvalue weighted by atomic mass is 9.96. The van der Waals surface area contributed by atoms with Crippen LogP contribution < -0.4 is 14.8 Å². The molecular formula is C21H24FNO4. The minimum atomic E-state index is -0.322. The number of rotatable bonds is 8. The summed E-state index contributed by atoms with van der Waals surface area (Å²) in [5.41, 5.74) is 1.32. The van der Waals surface area contributed by atoms with Crippen LogP contribution in [0, 0.1) is 11.7 Å². The Kier molecular flexibility index (Phi) is 6.93. The fourth-order valence-corrected chi connectivity index (χ4v) is 2.67. The summed E-state index contributed by atoms with van der Waals surface area (Å²) < 4.78 is 23.9. The van der Waals surface area contributed by atoms with E-state index in [-0.39, 0.29) is 36.1 Å². The van der Waals surface area contributed by atoms with E-state index in [2.05, 4.69) is 5.32 Å². The van der Waals surface area contributed by atoms with Gasteiger partial charge in [0.2, 0.25) is 0 Å². The topological polar surface area (TPSA) is 64.6 Å². The number of amides is 1. The summed E-state index contributed by atoms with van der Waals surface area (Å²) in [6.07, 6.45) is 0. The van der Waals surface area contributed by atoms with Crippen LogP contribution in [-0.4, -0.2) is 25.4 Å². The van der Waals surface area contributed by atoms with Gasteiger partial charge in [0.15, 0.2) is 23.9 Å². The van der Waals surface area contributed by atoms with Gasteiger partial charge in [0.05, 0.1) is 13.2 Å². The molecule has 0 fully saturated rings. The highest BCUT2D eigenvalue weighted by molar-refractivity contribution is 5.94. The lowest BCUT2D eigenvalue weighted by molar-refractivity contribution is -0.124. The zero-order chi connectivity index (χ0) is 20.0. The van der Waals surface area contributed by atoms with Crippen LogP contribution in [-0.2, 0) is 4.79 Å². The van der Waals surface area contributed by atoms with Crippen molar-refractivity contribution in [3.05, 3.63) is 59.4 Å². The number of methoxy groups -OCH3 is 1. The molecule has 6 heteroatoms. The Bertz CT molecular complexity index is 802. The van der Waals surface area contributed by atoms with E-state index in [4.69, 9.17) is 9.47 Å². The zero-order valence-electron chi connectivity index (χ0n) is 15.9. The van der Waals surface area contributed by atoms with Crippen molar-refractivity contribution in [2.45, 2.75) is 26.8 Å². The molecule has 0 heterocycles. The highest BCUT2D eigenvalue weighted by Crippen LogP contribution is 2.28. The van der Waals surface area contributed by atoms with Crippen molar-refractivity contribution in [3.63, 3.8) is 0 Å². The summed E-state index contributed by atoms with van der Waals surface area (Å²) >= 11 is 0. The third kappa shape index (κ3) is 5.54. The maximum absolute atomic E-state index is 13.1. The third-order valence-corrected chi connectivity index (χ3v) is 4.14. The summed E-state index contributed by atoms with van der Waals surface area (Å²) in [5.74, 6) is 0.156. The van der Waals surface area contributed by atoms with Crippen molar-refractivity contribution in [3.8, 4) is 11.5 Å². The predicted molar refractivity (Wildman–Crippen MR) is 101 cm³/mol. The average Bonchev–Trinajstić information content (AvgIpc) is 2.64. The van der Waals surface area contributed by atoms with Gasteiger partial charge in [-0.05, 0) is 48.7 Å². The van der Waals surface area contributed by atoms with Gasteiger partial charge in [-0.15, -0.1) is 0 Å². The number of hydrogen-bond donors (Lipinski definition) is 1. The van der Waals surface area contributed by atoms with Gasteiger partial charge < -0.3 is 14.8 Å². The van der Waals surface area contributed by atoms with Gasteiger partial charge in [-0.25, -0.2) is 4.39 Å². The Morgan fingerprint density at radius 3 is 2.30 bits per heavy atom. The maximum Gasteiger partial charge on any atom is 0.258 e. The second-order valence-electron chi connectivity index (χ2n) is 6.55. The van der Waals surface area contributed by atoms with Crippen LogP contribution in [0.1, 0.15) is 42.7 Å². The largest absolute Gasteiger partial charge is 0.493 e. The molecule has 1 unspecified atom stereocenters. The van der Waals surface area contributed by atoms with E-state index >= 15 is 0 Å². The third-order valence-electron chi connectivity index (χ3n) is 4.14. The lowest BCUT2D eigenvalue weighted by Crippen LogP contribution is -2.35. The minimum Gasteiger partial charge on any atom is -0.493 e. The number of halogens is 1. The Hall–Kier alpha value is -2.89. The van der Waals surface area contributed by atoms with Crippen molar-refractivity contribution in [2.75, 3.05) is 13.7 Å². The maximum atomic E-state index is 13.1. The molecule has 0 aliphatic heterocycles. The van der Waals surface area contributed by atoms with E-state index in [0.29, 0.717) is 17.1 Å². The van der Waals surface area contributed by atoms with Crippen molar-refractivity contribution in [1.82, 2.24) is 5.32 Å². The van der Waals surface area contributed by atoms with Crippen molar-refractivity contribution >= 4 is 11.7 Å². The summed E-state index contributed by atoms with van der Waals surface area (Å²) in [7, 11) is 1.47. The van der Waals surface area contributed by atoms with Gasteiger partial charge in [-0.3, -0.25) is 9.59 Å².